The molecule has 24 heavy (non-hydrogen) atoms. The number of carbonyl (C=O) groups is 1. The first-order valence-electron chi connectivity index (χ1n) is 8.88. The second kappa shape index (κ2) is 8.11. The van der Waals surface area contributed by atoms with Gasteiger partial charge in [0.1, 0.15) is 0 Å². The molecule has 0 spiro atoms. The van der Waals surface area contributed by atoms with Crippen LogP contribution in [-0.4, -0.2) is 35.3 Å². The summed E-state index contributed by atoms with van der Waals surface area (Å²) >= 11 is 0. The van der Waals surface area contributed by atoms with Crippen LogP contribution in [0.25, 0.3) is 0 Å². The molecule has 3 nitrogen and oxygen atoms in total. The molecule has 1 heterocycles. The molecule has 1 atom stereocenters. The summed E-state index contributed by atoms with van der Waals surface area (Å²) in [6.45, 7) is 5.02. The Balaban J connectivity index is 1.64. The van der Waals surface area contributed by atoms with Gasteiger partial charge in [0, 0.05) is 19.1 Å². The second-order valence-corrected chi connectivity index (χ2v) is 6.43. The van der Waals surface area contributed by atoms with Crippen LogP contribution in [-0.2, 0) is 11.3 Å². The number of rotatable bonds is 6. The number of hydrogen-bond donors (Lipinski definition) is 0. The van der Waals surface area contributed by atoms with Gasteiger partial charge in [-0.05, 0) is 37.4 Å². The van der Waals surface area contributed by atoms with Crippen molar-refractivity contribution in [1.29, 1.82) is 0 Å². The van der Waals surface area contributed by atoms with E-state index in [-0.39, 0.29) is 5.91 Å². The summed E-state index contributed by atoms with van der Waals surface area (Å²) in [5.74, 6) is 0.226. The maximum atomic E-state index is 12.8. The van der Waals surface area contributed by atoms with Gasteiger partial charge in [-0.25, -0.2) is 0 Å². The average Bonchev–Trinajstić information content (AvgIpc) is 3.09. The Morgan fingerprint density at radius 1 is 1.08 bits per heavy atom. The zero-order valence-corrected chi connectivity index (χ0v) is 14.4. The van der Waals surface area contributed by atoms with Crippen LogP contribution in [0.4, 0.5) is 0 Å². The van der Waals surface area contributed by atoms with Crippen molar-refractivity contribution in [1.82, 2.24) is 9.80 Å². The third kappa shape index (κ3) is 4.04. The summed E-state index contributed by atoms with van der Waals surface area (Å²) in [5.41, 5.74) is 2.52. The Hall–Kier alpha value is -2.13. The molecular weight excluding hydrogens is 296 g/mol. The van der Waals surface area contributed by atoms with E-state index in [4.69, 9.17) is 0 Å². The van der Waals surface area contributed by atoms with Gasteiger partial charge in [-0.2, -0.15) is 0 Å². The first kappa shape index (κ1) is 16.7. The summed E-state index contributed by atoms with van der Waals surface area (Å²) in [6.07, 6.45) is 2.31. The van der Waals surface area contributed by atoms with Crippen LogP contribution >= 0.6 is 0 Å². The lowest BCUT2D eigenvalue weighted by atomic mass is 10.0. The highest BCUT2D eigenvalue weighted by Gasteiger charge is 2.28. The van der Waals surface area contributed by atoms with E-state index in [9.17, 15) is 4.79 Å². The number of hydrogen-bond acceptors (Lipinski definition) is 2. The molecule has 1 fully saturated rings. The van der Waals surface area contributed by atoms with Crippen molar-refractivity contribution in [3.63, 3.8) is 0 Å². The van der Waals surface area contributed by atoms with E-state index in [1.54, 1.807) is 0 Å². The van der Waals surface area contributed by atoms with Gasteiger partial charge in [0.2, 0.25) is 5.91 Å². The largest absolute Gasteiger partial charge is 0.338 e. The van der Waals surface area contributed by atoms with Crippen molar-refractivity contribution in [2.45, 2.75) is 32.4 Å². The minimum absolute atomic E-state index is 0.226. The molecule has 3 heteroatoms. The SMILES string of the molecule is CCN(Cc1ccccc1)C(=O)CN1CCCC1c1ccccc1. The Morgan fingerprint density at radius 2 is 1.75 bits per heavy atom. The molecule has 2 aromatic rings. The Bertz CT molecular complexity index is 641. The van der Waals surface area contributed by atoms with Gasteiger partial charge in [-0.15, -0.1) is 0 Å². The van der Waals surface area contributed by atoms with Gasteiger partial charge in [0.25, 0.3) is 0 Å². The molecule has 0 aromatic heterocycles. The smallest absolute Gasteiger partial charge is 0.237 e. The van der Waals surface area contributed by atoms with Crippen LogP contribution in [0.1, 0.15) is 36.9 Å². The molecule has 1 unspecified atom stereocenters. The van der Waals surface area contributed by atoms with E-state index < -0.39 is 0 Å². The molecule has 0 aliphatic carbocycles. The molecule has 126 valence electrons. The predicted molar refractivity (Wildman–Crippen MR) is 97.5 cm³/mol. The van der Waals surface area contributed by atoms with Crippen LogP contribution in [0.5, 0.6) is 0 Å². The second-order valence-electron chi connectivity index (χ2n) is 6.43. The van der Waals surface area contributed by atoms with Crippen LogP contribution in [0.3, 0.4) is 0 Å². The molecule has 0 radical (unpaired) electrons. The fraction of sp³-hybridized carbons (Fsp3) is 0.381. The van der Waals surface area contributed by atoms with E-state index in [0.717, 1.165) is 25.9 Å². The fourth-order valence-electron chi connectivity index (χ4n) is 3.52. The normalized spacial score (nSPS) is 17.8. The zero-order chi connectivity index (χ0) is 16.8. The number of likely N-dealkylation sites (tertiary alicyclic amines) is 1. The monoisotopic (exact) mass is 322 g/mol. The molecule has 3 rings (SSSR count). The molecule has 1 saturated heterocycles. The quantitative estimate of drug-likeness (QED) is 0.806. The first-order valence-corrected chi connectivity index (χ1v) is 8.88. The summed E-state index contributed by atoms with van der Waals surface area (Å²) in [5, 5.41) is 0. The number of nitrogens with zero attached hydrogens (tertiary/aromatic N) is 2. The summed E-state index contributed by atoms with van der Waals surface area (Å²) in [6, 6.07) is 21.2. The molecular formula is C21H26N2O. The minimum atomic E-state index is 0.226. The van der Waals surface area contributed by atoms with Crippen molar-refractivity contribution in [2.75, 3.05) is 19.6 Å². The van der Waals surface area contributed by atoms with E-state index in [2.05, 4.69) is 48.2 Å². The lowest BCUT2D eigenvalue weighted by molar-refractivity contribution is -0.133. The minimum Gasteiger partial charge on any atom is -0.338 e. The molecule has 0 N–H and O–H groups in total. The van der Waals surface area contributed by atoms with Crippen molar-refractivity contribution >= 4 is 5.91 Å². The summed E-state index contributed by atoms with van der Waals surface area (Å²) < 4.78 is 0. The van der Waals surface area contributed by atoms with Crippen LogP contribution < -0.4 is 0 Å². The summed E-state index contributed by atoms with van der Waals surface area (Å²) in [4.78, 5) is 17.1. The maximum absolute atomic E-state index is 12.8. The highest BCUT2D eigenvalue weighted by molar-refractivity contribution is 5.78. The van der Waals surface area contributed by atoms with Crippen molar-refractivity contribution in [3.05, 3.63) is 71.8 Å². The van der Waals surface area contributed by atoms with Gasteiger partial charge in [0.15, 0.2) is 0 Å². The topological polar surface area (TPSA) is 23.6 Å². The van der Waals surface area contributed by atoms with Crippen LogP contribution in [0.15, 0.2) is 60.7 Å². The van der Waals surface area contributed by atoms with E-state index in [1.807, 2.05) is 29.2 Å². The first-order chi connectivity index (χ1) is 11.8. The van der Waals surface area contributed by atoms with E-state index >= 15 is 0 Å². The lowest BCUT2D eigenvalue weighted by Crippen LogP contribution is -2.39. The van der Waals surface area contributed by atoms with Gasteiger partial charge in [-0.3, -0.25) is 9.69 Å². The van der Waals surface area contributed by atoms with Crippen molar-refractivity contribution < 1.29 is 4.79 Å². The molecule has 1 aliphatic rings. The van der Waals surface area contributed by atoms with Crippen LogP contribution in [0.2, 0.25) is 0 Å². The number of carbonyl (C=O) groups excluding carboxylic acids is 1. The average molecular weight is 322 g/mol. The van der Waals surface area contributed by atoms with Crippen LogP contribution in [0, 0.1) is 0 Å². The van der Waals surface area contributed by atoms with Gasteiger partial charge < -0.3 is 4.90 Å². The highest BCUT2D eigenvalue weighted by Crippen LogP contribution is 2.31. The van der Waals surface area contributed by atoms with Gasteiger partial charge >= 0.3 is 0 Å². The Labute approximate surface area is 144 Å². The van der Waals surface area contributed by atoms with Gasteiger partial charge in [0.05, 0.1) is 6.54 Å². The lowest BCUT2D eigenvalue weighted by Gasteiger charge is -2.28. The van der Waals surface area contributed by atoms with Crippen molar-refractivity contribution in [3.8, 4) is 0 Å². The molecule has 2 aromatic carbocycles. The van der Waals surface area contributed by atoms with E-state index in [1.165, 1.54) is 11.1 Å². The molecule has 0 saturated carbocycles. The fourth-order valence-corrected chi connectivity index (χ4v) is 3.52. The molecule has 1 aliphatic heterocycles. The zero-order valence-electron chi connectivity index (χ0n) is 14.4. The predicted octanol–water partition coefficient (Wildman–Crippen LogP) is 3.87. The third-order valence-electron chi connectivity index (χ3n) is 4.84. The number of benzene rings is 2. The standard InChI is InChI=1S/C21H26N2O/c1-2-22(16-18-10-5-3-6-11-18)21(24)17-23-15-9-14-20(23)19-12-7-4-8-13-19/h3-8,10-13,20H,2,9,14-17H2,1H3. The highest BCUT2D eigenvalue weighted by atomic mass is 16.2. The van der Waals surface area contributed by atoms with E-state index in [0.29, 0.717) is 19.1 Å². The maximum Gasteiger partial charge on any atom is 0.237 e. The van der Waals surface area contributed by atoms with Crippen molar-refractivity contribution in [2.24, 2.45) is 0 Å². The number of amides is 1. The Morgan fingerprint density at radius 3 is 2.42 bits per heavy atom. The third-order valence-corrected chi connectivity index (χ3v) is 4.84. The molecule has 1 amide bonds. The van der Waals surface area contributed by atoms with Gasteiger partial charge in [-0.1, -0.05) is 60.7 Å². The molecule has 0 bridgehead atoms. The Kier molecular flexibility index (Phi) is 5.65. The summed E-state index contributed by atoms with van der Waals surface area (Å²) in [7, 11) is 0. The number of likely N-dealkylation sites (N-methyl/N-ethyl adjacent to an activating group) is 1.